The van der Waals surface area contributed by atoms with Crippen LogP contribution in [0.5, 0.6) is 0 Å². The number of ether oxygens (including phenoxy) is 3. The van der Waals surface area contributed by atoms with Crippen LogP contribution in [0, 0.1) is 16.7 Å². The molecule has 5 atom stereocenters. The van der Waals surface area contributed by atoms with Gasteiger partial charge in [-0.2, -0.15) is 0 Å². The van der Waals surface area contributed by atoms with Crippen molar-refractivity contribution in [2.45, 2.75) is 90.3 Å². The Labute approximate surface area is 175 Å². The van der Waals surface area contributed by atoms with E-state index in [0.29, 0.717) is 13.2 Å². The number of benzene rings is 1. The monoisotopic (exact) mass is 402 g/mol. The molecular weight excluding hydrogens is 364 g/mol. The predicted octanol–water partition coefficient (Wildman–Crippen LogP) is 5.08. The molecule has 0 radical (unpaired) electrons. The fourth-order valence-corrected chi connectivity index (χ4v) is 6.29. The van der Waals surface area contributed by atoms with E-state index in [1.54, 1.807) is 0 Å². The summed E-state index contributed by atoms with van der Waals surface area (Å²) in [7, 11) is 0. The smallest absolute Gasteiger partial charge is 0.157 e. The maximum absolute atomic E-state index is 11.6. The normalized spacial score (nSPS) is 38.4. The third-order valence-electron chi connectivity index (χ3n) is 8.29. The Morgan fingerprint density at radius 3 is 2.59 bits per heavy atom. The van der Waals surface area contributed by atoms with Crippen LogP contribution >= 0.6 is 0 Å². The Morgan fingerprint density at radius 1 is 1.14 bits per heavy atom. The first-order valence-corrected chi connectivity index (χ1v) is 11.5. The van der Waals surface area contributed by atoms with Gasteiger partial charge in [-0.05, 0) is 61.8 Å². The number of rotatable bonds is 8. The standard InChI is InChI=1S/C25H38O4/c1-23(2)20-16-21(29-22-12-7-8-15-28-22)24(23,3)18-25(20,26)13-9-14-27-17-19-10-5-4-6-11-19/h4-6,10-11,20-22,26H,7-9,12-18H2,1-3H3/t20-,21+,22?,24+,25-/m0/s1. The van der Waals surface area contributed by atoms with Gasteiger partial charge in [0, 0.05) is 18.6 Å². The van der Waals surface area contributed by atoms with E-state index in [1.165, 1.54) is 12.0 Å². The van der Waals surface area contributed by atoms with E-state index in [0.717, 1.165) is 45.1 Å². The van der Waals surface area contributed by atoms with Gasteiger partial charge in [-0.1, -0.05) is 51.1 Å². The highest BCUT2D eigenvalue weighted by Crippen LogP contribution is 2.70. The first kappa shape index (κ1) is 21.3. The summed E-state index contributed by atoms with van der Waals surface area (Å²) in [5.41, 5.74) is 0.635. The molecule has 0 aromatic heterocycles. The molecule has 1 aromatic carbocycles. The fraction of sp³-hybridized carbons (Fsp3) is 0.760. The van der Waals surface area contributed by atoms with Crippen molar-refractivity contribution < 1.29 is 19.3 Å². The predicted molar refractivity (Wildman–Crippen MR) is 113 cm³/mol. The third-order valence-corrected chi connectivity index (χ3v) is 8.29. The van der Waals surface area contributed by atoms with E-state index >= 15 is 0 Å². The molecular formula is C25H38O4. The van der Waals surface area contributed by atoms with E-state index in [4.69, 9.17) is 14.2 Å². The molecule has 2 saturated carbocycles. The van der Waals surface area contributed by atoms with Crippen molar-refractivity contribution in [1.82, 2.24) is 0 Å². The SMILES string of the molecule is CC1(C)[C@@H]2C[C@@H](OC3CCCCO3)[C@@]1(C)C[C@@]2(O)CCCOCc1ccccc1. The zero-order chi connectivity index (χ0) is 20.5. The van der Waals surface area contributed by atoms with E-state index in [-0.39, 0.29) is 29.1 Å². The van der Waals surface area contributed by atoms with Crippen LogP contribution in [-0.2, 0) is 20.8 Å². The molecule has 4 nitrogen and oxygen atoms in total. The lowest BCUT2D eigenvalue weighted by Crippen LogP contribution is -2.45. The highest BCUT2D eigenvalue weighted by Gasteiger charge is 2.70. The molecule has 0 spiro atoms. The summed E-state index contributed by atoms with van der Waals surface area (Å²) in [5.74, 6) is 0.266. The van der Waals surface area contributed by atoms with Crippen molar-refractivity contribution in [2.24, 2.45) is 16.7 Å². The topological polar surface area (TPSA) is 47.9 Å². The number of fused-ring (bicyclic) bond motifs is 2. The lowest BCUT2D eigenvalue weighted by atomic mass is 9.70. The first-order chi connectivity index (χ1) is 13.9. The van der Waals surface area contributed by atoms with Crippen LogP contribution in [0.15, 0.2) is 30.3 Å². The molecule has 1 heterocycles. The van der Waals surface area contributed by atoms with Crippen molar-refractivity contribution in [3.05, 3.63) is 35.9 Å². The van der Waals surface area contributed by atoms with E-state index < -0.39 is 5.60 Å². The van der Waals surface area contributed by atoms with Gasteiger partial charge in [0.1, 0.15) is 0 Å². The van der Waals surface area contributed by atoms with Gasteiger partial charge < -0.3 is 19.3 Å². The molecule has 4 rings (SSSR count). The summed E-state index contributed by atoms with van der Waals surface area (Å²) in [6, 6.07) is 10.3. The van der Waals surface area contributed by atoms with Crippen molar-refractivity contribution in [1.29, 1.82) is 0 Å². The molecule has 162 valence electrons. The maximum Gasteiger partial charge on any atom is 0.157 e. The first-order valence-electron chi connectivity index (χ1n) is 11.5. The molecule has 29 heavy (non-hydrogen) atoms. The Bertz CT molecular complexity index is 669. The molecule has 4 heteroatoms. The van der Waals surface area contributed by atoms with Crippen LogP contribution in [0.2, 0.25) is 0 Å². The minimum atomic E-state index is -0.609. The second kappa shape index (κ2) is 8.30. The minimum absolute atomic E-state index is 0.0158. The molecule has 1 aliphatic heterocycles. The molecule has 1 saturated heterocycles. The van der Waals surface area contributed by atoms with E-state index in [1.807, 2.05) is 18.2 Å². The number of aliphatic hydroxyl groups is 1. The van der Waals surface area contributed by atoms with Gasteiger partial charge in [0.25, 0.3) is 0 Å². The summed E-state index contributed by atoms with van der Waals surface area (Å²) in [6.07, 6.45) is 6.90. The Balaban J connectivity index is 1.30. The summed E-state index contributed by atoms with van der Waals surface area (Å²) < 4.78 is 18.1. The second-order valence-corrected chi connectivity index (χ2v) is 10.3. The van der Waals surface area contributed by atoms with Crippen LogP contribution in [0.3, 0.4) is 0 Å². The van der Waals surface area contributed by atoms with Crippen molar-refractivity contribution in [3.8, 4) is 0 Å². The zero-order valence-corrected chi connectivity index (χ0v) is 18.4. The number of hydrogen-bond donors (Lipinski definition) is 1. The van der Waals surface area contributed by atoms with Gasteiger partial charge >= 0.3 is 0 Å². The van der Waals surface area contributed by atoms with Gasteiger partial charge in [-0.3, -0.25) is 0 Å². The molecule has 3 fully saturated rings. The van der Waals surface area contributed by atoms with Gasteiger partial charge in [-0.25, -0.2) is 0 Å². The van der Waals surface area contributed by atoms with Crippen LogP contribution in [0.25, 0.3) is 0 Å². The fourth-order valence-electron chi connectivity index (χ4n) is 6.29. The van der Waals surface area contributed by atoms with Crippen LogP contribution in [-0.4, -0.2) is 36.3 Å². The summed E-state index contributed by atoms with van der Waals surface area (Å²) >= 11 is 0. The van der Waals surface area contributed by atoms with Gasteiger partial charge in [0.05, 0.1) is 18.3 Å². The Morgan fingerprint density at radius 2 is 1.93 bits per heavy atom. The summed E-state index contributed by atoms with van der Waals surface area (Å²) in [5, 5.41) is 11.6. The summed E-state index contributed by atoms with van der Waals surface area (Å²) in [4.78, 5) is 0. The minimum Gasteiger partial charge on any atom is -0.390 e. The second-order valence-electron chi connectivity index (χ2n) is 10.3. The van der Waals surface area contributed by atoms with Crippen LogP contribution in [0.4, 0.5) is 0 Å². The van der Waals surface area contributed by atoms with Gasteiger partial charge in [0.2, 0.25) is 0 Å². The van der Waals surface area contributed by atoms with E-state index in [2.05, 4.69) is 32.9 Å². The molecule has 0 amide bonds. The molecule has 2 bridgehead atoms. The van der Waals surface area contributed by atoms with Crippen LogP contribution < -0.4 is 0 Å². The van der Waals surface area contributed by atoms with Crippen molar-refractivity contribution in [2.75, 3.05) is 13.2 Å². The van der Waals surface area contributed by atoms with Crippen molar-refractivity contribution in [3.63, 3.8) is 0 Å². The van der Waals surface area contributed by atoms with Gasteiger partial charge in [0.15, 0.2) is 6.29 Å². The largest absolute Gasteiger partial charge is 0.390 e. The maximum atomic E-state index is 11.6. The van der Waals surface area contributed by atoms with Crippen molar-refractivity contribution >= 4 is 0 Å². The summed E-state index contributed by atoms with van der Waals surface area (Å²) in [6.45, 7) is 9.12. The third kappa shape index (κ3) is 4.01. The highest BCUT2D eigenvalue weighted by atomic mass is 16.7. The molecule has 2 aliphatic carbocycles. The lowest BCUT2D eigenvalue weighted by Gasteiger charge is -2.42. The average Bonchev–Trinajstić information content (AvgIpc) is 2.98. The van der Waals surface area contributed by atoms with Gasteiger partial charge in [-0.15, -0.1) is 0 Å². The lowest BCUT2D eigenvalue weighted by molar-refractivity contribution is -0.219. The number of hydrogen-bond acceptors (Lipinski definition) is 4. The molecule has 1 unspecified atom stereocenters. The highest BCUT2D eigenvalue weighted by molar-refractivity contribution is 5.20. The quantitative estimate of drug-likeness (QED) is 0.616. The molecule has 1 N–H and O–H groups in total. The zero-order valence-electron chi connectivity index (χ0n) is 18.4. The Hall–Kier alpha value is -0.940. The van der Waals surface area contributed by atoms with E-state index in [9.17, 15) is 5.11 Å². The average molecular weight is 403 g/mol. The Kier molecular flexibility index (Phi) is 6.09. The van der Waals surface area contributed by atoms with Crippen LogP contribution in [0.1, 0.15) is 71.3 Å². The molecule has 1 aromatic rings. The molecule has 3 aliphatic rings.